The Labute approximate surface area is 190 Å². The van der Waals surface area contributed by atoms with Crippen molar-refractivity contribution in [2.24, 2.45) is 4.99 Å². The Bertz CT molecular complexity index is 1060. The molecule has 1 heterocycles. The van der Waals surface area contributed by atoms with Gasteiger partial charge in [-0.05, 0) is 36.2 Å². The number of aromatic nitrogens is 1. The summed E-state index contributed by atoms with van der Waals surface area (Å²) < 4.78 is 38.2. The molecule has 0 amide bonds. The van der Waals surface area contributed by atoms with Crippen LogP contribution in [0.1, 0.15) is 16.7 Å². The van der Waals surface area contributed by atoms with Crippen molar-refractivity contribution in [2.45, 2.75) is 12.6 Å². The van der Waals surface area contributed by atoms with E-state index in [1.807, 2.05) is 24.4 Å². The highest BCUT2D eigenvalue weighted by molar-refractivity contribution is 14.0. The van der Waals surface area contributed by atoms with Crippen molar-refractivity contribution in [1.29, 1.82) is 0 Å². The number of nitrogens with zero attached hydrogens (tertiary/aromatic N) is 1. The Balaban J connectivity index is 0.00000320. The molecule has 3 rings (SSSR count). The van der Waals surface area contributed by atoms with Crippen molar-refractivity contribution in [3.8, 4) is 11.8 Å². The van der Waals surface area contributed by atoms with Crippen molar-refractivity contribution < 1.29 is 13.2 Å². The highest BCUT2D eigenvalue weighted by Crippen LogP contribution is 2.29. The molecule has 0 aliphatic heterocycles. The number of fused-ring (bicyclic) bond motifs is 1. The van der Waals surface area contributed by atoms with E-state index in [-0.39, 0.29) is 30.5 Å². The average molecular weight is 526 g/mol. The zero-order valence-electron chi connectivity index (χ0n) is 16.3. The Morgan fingerprint density at radius 2 is 1.90 bits per heavy atom. The molecule has 0 aliphatic rings. The number of aromatic amines is 1. The number of hydrogen-bond acceptors (Lipinski definition) is 1. The predicted octanol–water partition coefficient (Wildman–Crippen LogP) is 4.56. The SMILES string of the molecule is CN=C(NCC#Cc1cccc(C(F)(F)F)c1)NCCc1c[nH]c2ccccc12.I. The smallest absolute Gasteiger partial charge is 0.361 e. The minimum atomic E-state index is -4.37. The van der Waals surface area contributed by atoms with Crippen LogP contribution in [0.15, 0.2) is 59.7 Å². The number of H-pyrrole nitrogens is 1. The largest absolute Gasteiger partial charge is 0.416 e. The van der Waals surface area contributed by atoms with Gasteiger partial charge in [0, 0.05) is 36.3 Å². The molecular formula is C22H22F3IN4. The van der Waals surface area contributed by atoms with E-state index < -0.39 is 11.7 Å². The molecular weight excluding hydrogens is 504 g/mol. The van der Waals surface area contributed by atoms with Crippen LogP contribution in [-0.4, -0.2) is 31.1 Å². The normalized spacial score (nSPS) is 11.4. The van der Waals surface area contributed by atoms with E-state index in [1.165, 1.54) is 17.0 Å². The lowest BCUT2D eigenvalue weighted by Gasteiger charge is -2.09. The number of benzene rings is 2. The molecule has 0 fully saturated rings. The second-order valence-corrected chi connectivity index (χ2v) is 6.34. The summed E-state index contributed by atoms with van der Waals surface area (Å²) in [6.45, 7) is 0.950. The topological polar surface area (TPSA) is 52.2 Å². The number of guanidine groups is 1. The quantitative estimate of drug-likeness (QED) is 0.202. The van der Waals surface area contributed by atoms with Crippen LogP contribution < -0.4 is 10.6 Å². The minimum absolute atomic E-state index is 0. The molecule has 0 spiro atoms. The molecule has 3 aromatic rings. The second kappa shape index (κ2) is 10.9. The maximum Gasteiger partial charge on any atom is 0.416 e. The van der Waals surface area contributed by atoms with E-state index in [9.17, 15) is 13.2 Å². The fraction of sp³-hybridized carbons (Fsp3) is 0.227. The summed E-state index contributed by atoms with van der Waals surface area (Å²) >= 11 is 0. The van der Waals surface area contributed by atoms with Crippen molar-refractivity contribution in [3.63, 3.8) is 0 Å². The zero-order chi connectivity index (χ0) is 20.7. The van der Waals surface area contributed by atoms with E-state index in [1.54, 1.807) is 13.1 Å². The van der Waals surface area contributed by atoms with Crippen LogP contribution in [0.25, 0.3) is 10.9 Å². The van der Waals surface area contributed by atoms with Gasteiger partial charge in [-0.2, -0.15) is 13.2 Å². The molecule has 0 saturated carbocycles. The Morgan fingerprint density at radius 1 is 1.10 bits per heavy atom. The Kier molecular flexibility index (Phi) is 8.59. The van der Waals surface area contributed by atoms with Gasteiger partial charge in [-0.3, -0.25) is 4.99 Å². The first kappa shape index (κ1) is 23.6. The third-order valence-corrected chi connectivity index (χ3v) is 4.35. The molecule has 0 radical (unpaired) electrons. The lowest BCUT2D eigenvalue weighted by atomic mass is 10.1. The first-order chi connectivity index (χ1) is 14.0. The standard InChI is InChI=1S/C22H21F3N4.HI/c1-26-21(28-13-11-17-15-29-20-10-3-2-9-19(17)20)27-12-5-7-16-6-4-8-18(14-16)22(23,24)25;/h2-4,6,8-10,14-15,29H,11-13H2,1H3,(H2,26,27,28);1H. The van der Waals surface area contributed by atoms with Crippen LogP contribution in [0, 0.1) is 11.8 Å². The molecule has 8 heteroatoms. The van der Waals surface area contributed by atoms with Crippen molar-refractivity contribution in [1.82, 2.24) is 15.6 Å². The Morgan fingerprint density at radius 3 is 2.67 bits per heavy atom. The molecule has 1 aromatic heterocycles. The molecule has 4 nitrogen and oxygen atoms in total. The van der Waals surface area contributed by atoms with Gasteiger partial charge in [-0.15, -0.1) is 24.0 Å². The van der Waals surface area contributed by atoms with Crippen molar-refractivity contribution >= 4 is 40.8 Å². The fourth-order valence-electron chi connectivity index (χ4n) is 2.92. The minimum Gasteiger partial charge on any atom is -0.361 e. The van der Waals surface area contributed by atoms with Gasteiger partial charge in [0.2, 0.25) is 0 Å². The van der Waals surface area contributed by atoms with Crippen LogP contribution in [0.4, 0.5) is 13.2 Å². The average Bonchev–Trinajstić information content (AvgIpc) is 3.12. The van der Waals surface area contributed by atoms with Crippen LogP contribution in [-0.2, 0) is 12.6 Å². The van der Waals surface area contributed by atoms with E-state index in [0.717, 1.165) is 24.1 Å². The second-order valence-electron chi connectivity index (χ2n) is 6.34. The molecule has 0 aliphatic carbocycles. The summed E-state index contributed by atoms with van der Waals surface area (Å²) in [5.41, 5.74) is 1.94. The molecule has 0 bridgehead atoms. The predicted molar refractivity (Wildman–Crippen MR) is 125 cm³/mol. The van der Waals surface area contributed by atoms with E-state index in [4.69, 9.17) is 0 Å². The maximum atomic E-state index is 12.7. The summed E-state index contributed by atoms with van der Waals surface area (Å²) in [6, 6.07) is 13.1. The number of hydrogen-bond donors (Lipinski definition) is 3. The van der Waals surface area contributed by atoms with Gasteiger partial charge in [-0.1, -0.05) is 36.1 Å². The number of nitrogens with one attached hydrogen (secondary N) is 3. The van der Waals surface area contributed by atoms with Gasteiger partial charge in [0.15, 0.2) is 5.96 Å². The van der Waals surface area contributed by atoms with Gasteiger partial charge in [-0.25, -0.2) is 0 Å². The van der Waals surface area contributed by atoms with Crippen molar-refractivity contribution in [3.05, 3.63) is 71.4 Å². The highest BCUT2D eigenvalue weighted by Gasteiger charge is 2.30. The summed E-state index contributed by atoms with van der Waals surface area (Å²) in [6.07, 6.45) is -1.55. The third-order valence-electron chi connectivity index (χ3n) is 4.35. The van der Waals surface area contributed by atoms with Gasteiger partial charge < -0.3 is 15.6 Å². The zero-order valence-corrected chi connectivity index (χ0v) is 18.6. The van der Waals surface area contributed by atoms with Gasteiger partial charge in [0.25, 0.3) is 0 Å². The molecule has 2 aromatic carbocycles. The van der Waals surface area contributed by atoms with Crippen LogP contribution in [0.5, 0.6) is 0 Å². The van der Waals surface area contributed by atoms with Gasteiger partial charge in [0.1, 0.15) is 0 Å². The molecule has 0 saturated heterocycles. The van der Waals surface area contributed by atoms with Crippen LogP contribution >= 0.6 is 24.0 Å². The summed E-state index contributed by atoms with van der Waals surface area (Å²) in [5, 5.41) is 7.44. The molecule has 30 heavy (non-hydrogen) atoms. The first-order valence-electron chi connectivity index (χ1n) is 9.13. The maximum absolute atomic E-state index is 12.7. The molecule has 3 N–H and O–H groups in total. The van der Waals surface area contributed by atoms with E-state index in [0.29, 0.717) is 18.1 Å². The number of rotatable bonds is 4. The fourth-order valence-corrected chi connectivity index (χ4v) is 2.92. The number of aliphatic imine (C=N–C) groups is 1. The van der Waals surface area contributed by atoms with E-state index >= 15 is 0 Å². The summed E-state index contributed by atoms with van der Waals surface area (Å²) in [5.74, 6) is 6.14. The number of para-hydroxylation sites is 1. The molecule has 0 atom stereocenters. The highest BCUT2D eigenvalue weighted by atomic mass is 127. The Hall–Kier alpha value is -2.67. The first-order valence-corrected chi connectivity index (χ1v) is 9.13. The lowest BCUT2D eigenvalue weighted by Crippen LogP contribution is -2.38. The summed E-state index contributed by atoms with van der Waals surface area (Å²) in [7, 11) is 1.65. The van der Waals surface area contributed by atoms with Crippen molar-refractivity contribution in [2.75, 3.05) is 20.1 Å². The van der Waals surface area contributed by atoms with Crippen LogP contribution in [0.3, 0.4) is 0 Å². The molecule has 0 unspecified atom stereocenters. The van der Waals surface area contributed by atoms with Gasteiger partial charge >= 0.3 is 6.18 Å². The van der Waals surface area contributed by atoms with E-state index in [2.05, 4.69) is 38.5 Å². The lowest BCUT2D eigenvalue weighted by molar-refractivity contribution is -0.137. The number of halogens is 4. The third kappa shape index (κ3) is 6.42. The van der Waals surface area contributed by atoms with Crippen LogP contribution in [0.2, 0.25) is 0 Å². The summed E-state index contributed by atoms with van der Waals surface area (Å²) in [4.78, 5) is 7.38. The monoisotopic (exact) mass is 526 g/mol. The number of alkyl halides is 3. The molecule has 158 valence electrons. The van der Waals surface area contributed by atoms with Gasteiger partial charge in [0.05, 0.1) is 12.1 Å².